The summed E-state index contributed by atoms with van der Waals surface area (Å²) in [5.41, 5.74) is 1.55. The van der Waals surface area contributed by atoms with E-state index in [0.29, 0.717) is 36.1 Å². The third-order valence-electron chi connectivity index (χ3n) is 8.81. The zero-order chi connectivity index (χ0) is 31.3. The van der Waals surface area contributed by atoms with Crippen LogP contribution in [0.1, 0.15) is 121 Å². The summed E-state index contributed by atoms with van der Waals surface area (Å²) in [5, 5.41) is 34.6. The van der Waals surface area contributed by atoms with Crippen LogP contribution in [0, 0.1) is 4.91 Å². The summed E-state index contributed by atoms with van der Waals surface area (Å²) in [6, 6.07) is 14.2. The monoisotopic (exact) mass is 613 g/mol. The lowest BCUT2D eigenvalue weighted by Gasteiger charge is -2.37. The van der Waals surface area contributed by atoms with Crippen molar-refractivity contribution in [2.75, 3.05) is 0 Å². The van der Waals surface area contributed by atoms with Gasteiger partial charge in [-0.25, -0.2) is 0 Å². The highest BCUT2D eigenvalue weighted by Gasteiger charge is 2.34. The summed E-state index contributed by atoms with van der Waals surface area (Å²) >= 11 is 0. The van der Waals surface area contributed by atoms with Crippen LogP contribution in [0.4, 0.5) is 5.69 Å². The Labute approximate surface area is 261 Å². The minimum absolute atomic E-state index is 0.0113. The average Bonchev–Trinajstić information content (AvgIpc) is 3.03. The molecule has 4 rings (SSSR count). The molecule has 2 saturated heterocycles. The Balaban J connectivity index is 1.32. The van der Waals surface area contributed by atoms with Gasteiger partial charge in [0.1, 0.15) is 11.4 Å². The van der Waals surface area contributed by atoms with E-state index in [4.69, 9.17) is 18.9 Å². The van der Waals surface area contributed by atoms with Gasteiger partial charge in [-0.05, 0) is 75.1 Å². The number of phenolic OH excluding ortho intramolecular Hbond substituents is 1. The van der Waals surface area contributed by atoms with Gasteiger partial charge in [0.25, 0.3) is 0 Å². The van der Waals surface area contributed by atoms with Crippen LogP contribution in [-0.4, -0.2) is 51.9 Å². The number of nitroso groups, excluding NO2 is 1. The molecule has 2 aliphatic rings. The SMILES string of the molecule is CCCCC1CC(CC(O)CCCC2CC(CCCC(O)CC)OC(c3ccccc3N=O)O2)OC(c2ccccc2O)O1. The lowest BCUT2D eigenvalue weighted by atomic mass is 9.95. The Bertz CT molecular complexity index is 1130. The number of aliphatic hydroxyl groups is 2. The van der Waals surface area contributed by atoms with Crippen molar-refractivity contribution >= 4 is 5.69 Å². The van der Waals surface area contributed by atoms with E-state index in [0.717, 1.165) is 64.2 Å². The molecule has 0 amide bonds. The summed E-state index contributed by atoms with van der Waals surface area (Å²) in [5.74, 6) is 0.147. The lowest BCUT2D eigenvalue weighted by molar-refractivity contribution is -0.254. The van der Waals surface area contributed by atoms with E-state index in [2.05, 4.69) is 12.1 Å². The number of aliphatic hydroxyl groups excluding tert-OH is 2. The molecule has 9 nitrogen and oxygen atoms in total. The Kier molecular flexibility index (Phi) is 14.0. The largest absolute Gasteiger partial charge is 0.507 e. The molecule has 2 aliphatic heterocycles. The Hall–Kier alpha value is -2.40. The number of unbranched alkanes of at least 4 members (excludes halogenated alkanes) is 1. The van der Waals surface area contributed by atoms with Crippen LogP contribution in [0.15, 0.2) is 53.7 Å². The molecule has 8 unspecified atom stereocenters. The van der Waals surface area contributed by atoms with E-state index in [-0.39, 0.29) is 36.3 Å². The second-order valence-electron chi connectivity index (χ2n) is 12.3. The molecule has 2 aromatic carbocycles. The smallest absolute Gasteiger partial charge is 0.188 e. The van der Waals surface area contributed by atoms with E-state index >= 15 is 0 Å². The van der Waals surface area contributed by atoms with Crippen LogP contribution in [0.2, 0.25) is 0 Å². The van der Waals surface area contributed by atoms with Crippen molar-refractivity contribution in [1.82, 2.24) is 0 Å². The third kappa shape index (κ3) is 10.3. The molecular weight excluding hydrogens is 562 g/mol. The standard InChI is InChI=1S/C35H51NO8/c1-3-5-14-26-23-29(44-35(43-26)31-18-7-9-20-33(31)39)21-25(38)13-11-16-28-22-27(15-10-12-24(37)4-2)41-34(42-28)30-17-6-8-19-32(30)36-40/h6-9,17-20,24-29,34-35,37-39H,3-5,10-16,21-23H2,1-2H3. The second-order valence-corrected chi connectivity index (χ2v) is 12.3. The first-order chi connectivity index (χ1) is 21.4. The number of hydrogen-bond acceptors (Lipinski definition) is 9. The summed E-state index contributed by atoms with van der Waals surface area (Å²) in [6.45, 7) is 4.13. The number of nitrogens with zero attached hydrogens (tertiary/aromatic N) is 1. The average molecular weight is 614 g/mol. The molecular formula is C35H51NO8. The fourth-order valence-corrected chi connectivity index (χ4v) is 6.25. The first-order valence-corrected chi connectivity index (χ1v) is 16.6. The van der Waals surface area contributed by atoms with Gasteiger partial charge in [-0.15, -0.1) is 4.91 Å². The predicted octanol–water partition coefficient (Wildman–Crippen LogP) is 7.89. The molecule has 8 atom stereocenters. The summed E-state index contributed by atoms with van der Waals surface area (Å²) < 4.78 is 25.1. The van der Waals surface area contributed by atoms with Gasteiger partial charge < -0.3 is 34.3 Å². The third-order valence-corrected chi connectivity index (χ3v) is 8.81. The predicted molar refractivity (Wildman–Crippen MR) is 168 cm³/mol. The molecule has 0 bridgehead atoms. The molecule has 44 heavy (non-hydrogen) atoms. The molecule has 0 saturated carbocycles. The number of benzene rings is 2. The van der Waals surface area contributed by atoms with Crippen LogP contribution < -0.4 is 0 Å². The van der Waals surface area contributed by atoms with Crippen LogP contribution in [0.25, 0.3) is 0 Å². The van der Waals surface area contributed by atoms with E-state index < -0.39 is 18.7 Å². The van der Waals surface area contributed by atoms with Crippen molar-refractivity contribution in [3.8, 4) is 5.75 Å². The topological polar surface area (TPSA) is 127 Å². The van der Waals surface area contributed by atoms with E-state index in [1.165, 1.54) is 0 Å². The molecule has 0 aliphatic carbocycles. The van der Waals surface area contributed by atoms with Gasteiger partial charge in [0, 0.05) is 24.0 Å². The highest BCUT2D eigenvalue weighted by atomic mass is 16.7. The van der Waals surface area contributed by atoms with Crippen LogP contribution >= 0.6 is 0 Å². The second kappa shape index (κ2) is 17.9. The van der Waals surface area contributed by atoms with E-state index in [1.807, 2.05) is 31.2 Å². The first-order valence-electron chi connectivity index (χ1n) is 16.6. The fraction of sp³-hybridized carbons (Fsp3) is 0.657. The number of phenols is 1. The molecule has 0 spiro atoms. The van der Waals surface area contributed by atoms with E-state index in [9.17, 15) is 20.2 Å². The van der Waals surface area contributed by atoms with E-state index in [1.54, 1.807) is 24.3 Å². The van der Waals surface area contributed by atoms with Gasteiger partial charge in [0.05, 0.1) is 36.6 Å². The van der Waals surface area contributed by atoms with Crippen molar-refractivity contribution in [3.63, 3.8) is 0 Å². The molecule has 2 aromatic rings. The van der Waals surface area contributed by atoms with Gasteiger partial charge >= 0.3 is 0 Å². The maximum atomic E-state index is 11.5. The number of para-hydroxylation sites is 1. The molecule has 244 valence electrons. The number of aromatic hydroxyl groups is 1. The summed E-state index contributed by atoms with van der Waals surface area (Å²) in [4.78, 5) is 11.5. The van der Waals surface area contributed by atoms with Crippen molar-refractivity contribution in [2.45, 2.75) is 147 Å². The van der Waals surface area contributed by atoms with Crippen LogP contribution in [-0.2, 0) is 18.9 Å². The van der Waals surface area contributed by atoms with Crippen LogP contribution in [0.5, 0.6) is 5.75 Å². The van der Waals surface area contributed by atoms with Crippen molar-refractivity contribution in [3.05, 3.63) is 64.6 Å². The molecule has 9 heteroatoms. The van der Waals surface area contributed by atoms with Gasteiger partial charge in [0.2, 0.25) is 0 Å². The Morgan fingerprint density at radius 1 is 0.727 bits per heavy atom. The highest BCUT2D eigenvalue weighted by molar-refractivity contribution is 5.46. The Morgan fingerprint density at radius 3 is 1.86 bits per heavy atom. The van der Waals surface area contributed by atoms with Gasteiger partial charge in [-0.2, -0.15) is 0 Å². The molecule has 0 radical (unpaired) electrons. The van der Waals surface area contributed by atoms with Gasteiger partial charge in [-0.3, -0.25) is 0 Å². The quantitative estimate of drug-likeness (QED) is 0.154. The number of ether oxygens (including phenoxy) is 4. The molecule has 0 aromatic heterocycles. The van der Waals surface area contributed by atoms with Crippen molar-refractivity contribution in [2.24, 2.45) is 5.18 Å². The zero-order valence-electron chi connectivity index (χ0n) is 26.3. The zero-order valence-corrected chi connectivity index (χ0v) is 26.3. The highest BCUT2D eigenvalue weighted by Crippen LogP contribution is 2.39. The van der Waals surface area contributed by atoms with Crippen molar-refractivity contribution in [1.29, 1.82) is 0 Å². The minimum Gasteiger partial charge on any atom is -0.507 e. The fourth-order valence-electron chi connectivity index (χ4n) is 6.25. The summed E-state index contributed by atoms with van der Waals surface area (Å²) in [7, 11) is 0. The number of hydrogen-bond donors (Lipinski definition) is 3. The minimum atomic E-state index is -0.685. The summed E-state index contributed by atoms with van der Waals surface area (Å²) in [6.07, 6.45) is 7.66. The molecule has 3 N–H and O–H groups in total. The molecule has 2 heterocycles. The normalized spacial score (nSPS) is 27.1. The van der Waals surface area contributed by atoms with Crippen molar-refractivity contribution < 1.29 is 34.3 Å². The maximum Gasteiger partial charge on any atom is 0.188 e. The van der Waals surface area contributed by atoms with Gasteiger partial charge in [0.15, 0.2) is 12.6 Å². The first kappa shape index (κ1) is 34.5. The number of rotatable bonds is 17. The maximum absolute atomic E-state index is 11.5. The molecule has 2 fully saturated rings. The van der Waals surface area contributed by atoms with Gasteiger partial charge in [-0.1, -0.05) is 63.1 Å². The van der Waals surface area contributed by atoms with Crippen LogP contribution in [0.3, 0.4) is 0 Å². The Morgan fingerprint density at radius 2 is 1.25 bits per heavy atom. The lowest BCUT2D eigenvalue weighted by Crippen LogP contribution is -2.36.